The number of nitrogens with zero attached hydrogens (tertiary/aromatic N) is 3. The number of rotatable bonds is 0. The number of aromatic nitrogens is 3. The predicted molar refractivity (Wildman–Crippen MR) is 56.0 cm³/mol. The Morgan fingerprint density at radius 3 is 3.13 bits per heavy atom. The van der Waals surface area contributed by atoms with Crippen molar-refractivity contribution in [2.75, 3.05) is 0 Å². The molecule has 3 rings (SSSR count). The number of aryl methyl sites for hydroxylation is 1. The van der Waals surface area contributed by atoms with Crippen molar-refractivity contribution in [3.8, 4) is 11.4 Å². The minimum absolute atomic E-state index is 0.694. The Kier molecular flexibility index (Phi) is 1.63. The highest BCUT2D eigenvalue weighted by molar-refractivity contribution is 7.71. The van der Waals surface area contributed by atoms with E-state index >= 15 is 0 Å². The van der Waals surface area contributed by atoms with E-state index in [0.29, 0.717) is 5.42 Å². The topological polar surface area (TPSA) is 43.9 Å². The molecule has 3 aliphatic rings. The zero-order chi connectivity index (χ0) is 10.4. The number of hydrogen-bond donors (Lipinski definition) is 0. The van der Waals surface area contributed by atoms with E-state index in [1.807, 2.05) is 25.4 Å². The molecular weight excluding hydrogens is 210 g/mol. The minimum atomic E-state index is 0.694. The zero-order valence-electron chi connectivity index (χ0n) is 7.97. The molecule has 0 bridgehead atoms. The molecule has 0 spiro atoms. The molecule has 0 aromatic rings. The van der Waals surface area contributed by atoms with Gasteiger partial charge >= 0.3 is 0 Å². The number of fused-ring (bicyclic) bond motifs is 2. The molecule has 0 unspecified atom stereocenters. The summed E-state index contributed by atoms with van der Waals surface area (Å²) in [6.07, 6.45) is 3.34. The molecule has 0 aromatic carbocycles. The minimum Gasteiger partial charge on any atom is -0.377 e. The van der Waals surface area contributed by atoms with Gasteiger partial charge in [-0.25, -0.2) is 14.7 Å². The molecule has 0 saturated heterocycles. The Balaban J connectivity index is 2.71. The molecule has 0 aromatic heterocycles. The van der Waals surface area contributed by atoms with Gasteiger partial charge < -0.3 is 4.52 Å². The molecule has 0 atom stereocenters. The second kappa shape index (κ2) is 2.87. The summed E-state index contributed by atoms with van der Waals surface area (Å²) in [7, 11) is 1.82. The fourth-order valence-corrected chi connectivity index (χ4v) is 1.87. The van der Waals surface area contributed by atoms with E-state index in [1.54, 1.807) is 4.74 Å². The van der Waals surface area contributed by atoms with Gasteiger partial charge in [-0.05, 0) is 12.1 Å². The summed E-state index contributed by atoms with van der Waals surface area (Å²) < 4.78 is 7.92. The summed E-state index contributed by atoms with van der Waals surface area (Å²) in [5, 5.41) is 0.899. The molecule has 0 amide bonds. The van der Waals surface area contributed by atoms with Gasteiger partial charge in [0.05, 0.1) is 10.2 Å². The Morgan fingerprint density at radius 2 is 2.27 bits per heavy atom. The fraction of sp³-hybridized carbons (Fsp3) is 0.100. The largest absolute Gasteiger partial charge is 0.377 e. The molecule has 15 heavy (non-hydrogen) atoms. The van der Waals surface area contributed by atoms with Crippen LogP contribution in [0.3, 0.4) is 0 Å². The molecule has 0 radical (unpaired) electrons. The molecule has 0 N–H and O–H groups in total. The van der Waals surface area contributed by atoms with E-state index in [-0.39, 0.29) is 0 Å². The van der Waals surface area contributed by atoms with E-state index in [4.69, 9.17) is 16.7 Å². The Hall–Kier alpha value is -1.75. The molecule has 5 heteroatoms. The Labute approximate surface area is 90.2 Å². The number of hydrogen-bond acceptors (Lipinski definition) is 4. The Morgan fingerprint density at radius 1 is 1.40 bits per heavy atom. The third-order valence-corrected chi connectivity index (χ3v) is 2.64. The van der Waals surface area contributed by atoms with E-state index in [0.717, 1.165) is 21.1 Å². The van der Waals surface area contributed by atoms with Crippen molar-refractivity contribution < 1.29 is 4.52 Å². The molecular formula is C10H7N3OS. The molecule has 1 aliphatic carbocycles. The fourth-order valence-electron chi connectivity index (χ4n) is 1.60. The van der Waals surface area contributed by atoms with Gasteiger partial charge in [-0.2, -0.15) is 0 Å². The Bertz CT molecular complexity index is 715. The van der Waals surface area contributed by atoms with Crippen molar-refractivity contribution in [1.29, 1.82) is 0 Å². The zero-order valence-corrected chi connectivity index (χ0v) is 8.78. The van der Waals surface area contributed by atoms with Crippen LogP contribution in [-0.2, 0) is 7.05 Å². The lowest BCUT2D eigenvalue weighted by Crippen LogP contribution is -1.93. The van der Waals surface area contributed by atoms with Crippen LogP contribution in [0.2, 0.25) is 0 Å². The van der Waals surface area contributed by atoms with Crippen molar-refractivity contribution in [3.63, 3.8) is 0 Å². The molecule has 4 nitrogen and oxygen atoms in total. The summed E-state index contributed by atoms with van der Waals surface area (Å²) in [5.41, 5.74) is 2.23. The van der Waals surface area contributed by atoms with Gasteiger partial charge in [0.2, 0.25) is 0 Å². The summed E-state index contributed by atoms with van der Waals surface area (Å²) in [6.45, 7) is 0. The average Bonchev–Trinajstić information content (AvgIpc) is 2.65. The quantitative estimate of drug-likeness (QED) is 0.540. The lowest BCUT2D eigenvalue weighted by Gasteiger charge is -2.01. The van der Waals surface area contributed by atoms with Crippen LogP contribution in [0.25, 0.3) is 11.4 Å². The van der Waals surface area contributed by atoms with Crippen molar-refractivity contribution in [2.24, 2.45) is 7.05 Å². The van der Waals surface area contributed by atoms with Gasteiger partial charge in [-0.3, -0.25) is 0 Å². The second-order valence-electron chi connectivity index (χ2n) is 3.31. The monoisotopic (exact) mass is 217 g/mol. The summed E-state index contributed by atoms with van der Waals surface area (Å²) in [4.78, 5) is 8.28. The predicted octanol–water partition coefficient (Wildman–Crippen LogP) is 1.97. The van der Waals surface area contributed by atoms with Crippen molar-refractivity contribution in [3.05, 3.63) is 39.8 Å². The van der Waals surface area contributed by atoms with Crippen molar-refractivity contribution >= 4 is 12.2 Å². The lowest BCUT2D eigenvalue weighted by molar-refractivity contribution is 0.270. The van der Waals surface area contributed by atoms with Crippen LogP contribution in [0, 0.1) is 15.1 Å². The first kappa shape index (κ1) is 8.55. The molecule has 0 fully saturated rings. The van der Waals surface area contributed by atoms with Crippen LogP contribution >= 0.6 is 12.2 Å². The van der Waals surface area contributed by atoms with E-state index in [9.17, 15) is 0 Å². The summed E-state index contributed by atoms with van der Waals surface area (Å²) in [6, 6.07) is 3.77. The normalized spacial score (nSPS) is 11.3. The standard InChI is InChI=1S/C10H7N3OS/c1-13-3-2-6-8(15)4-7-9(10(6)14-13)12-5-11-7/h2-5H,1H3. The highest BCUT2D eigenvalue weighted by atomic mass is 32.1. The van der Waals surface area contributed by atoms with Crippen molar-refractivity contribution in [2.45, 2.75) is 0 Å². The lowest BCUT2D eigenvalue weighted by atomic mass is 10.2. The SMILES string of the molecule is Cn1ccc2c(=S)cc3ncnc-3c=2o1. The van der Waals surface area contributed by atoms with Crippen molar-refractivity contribution in [1.82, 2.24) is 14.7 Å². The van der Waals surface area contributed by atoms with Crippen LogP contribution in [-0.4, -0.2) is 14.7 Å². The molecule has 2 aliphatic heterocycles. The smallest absolute Gasteiger partial charge is 0.191 e. The third-order valence-electron chi connectivity index (χ3n) is 2.31. The van der Waals surface area contributed by atoms with Crippen LogP contribution in [0.5, 0.6) is 0 Å². The van der Waals surface area contributed by atoms with E-state index < -0.39 is 0 Å². The van der Waals surface area contributed by atoms with Gasteiger partial charge in [0.25, 0.3) is 0 Å². The second-order valence-corrected chi connectivity index (χ2v) is 3.75. The van der Waals surface area contributed by atoms with E-state index in [2.05, 4.69) is 9.97 Å². The van der Waals surface area contributed by atoms with Crippen LogP contribution in [0.4, 0.5) is 0 Å². The highest BCUT2D eigenvalue weighted by Crippen LogP contribution is 2.20. The van der Waals surface area contributed by atoms with Gasteiger partial charge in [-0.15, -0.1) is 0 Å². The molecule has 0 saturated carbocycles. The first-order chi connectivity index (χ1) is 7.25. The van der Waals surface area contributed by atoms with Gasteiger partial charge in [0, 0.05) is 18.5 Å². The molecule has 2 heterocycles. The van der Waals surface area contributed by atoms with Crippen LogP contribution in [0.1, 0.15) is 0 Å². The first-order valence-electron chi connectivity index (χ1n) is 4.46. The highest BCUT2D eigenvalue weighted by Gasteiger charge is 2.11. The van der Waals surface area contributed by atoms with Crippen LogP contribution in [0.15, 0.2) is 29.2 Å². The third kappa shape index (κ3) is 1.16. The van der Waals surface area contributed by atoms with E-state index in [1.165, 1.54) is 6.33 Å². The number of imidazole rings is 1. The van der Waals surface area contributed by atoms with Crippen LogP contribution < -0.4 is 0 Å². The van der Waals surface area contributed by atoms with Gasteiger partial charge in [0.1, 0.15) is 12.0 Å². The molecule has 74 valence electrons. The maximum atomic E-state index is 5.56. The summed E-state index contributed by atoms with van der Waals surface area (Å²) >= 11 is 5.25. The first-order valence-corrected chi connectivity index (χ1v) is 4.87. The van der Waals surface area contributed by atoms with Gasteiger partial charge in [0.15, 0.2) is 5.42 Å². The maximum absolute atomic E-state index is 5.56. The van der Waals surface area contributed by atoms with Gasteiger partial charge in [-0.1, -0.05) is 12.2 Å². The average molecular weight is 217 g/mol. The maximum Gasteiger partial charge on any atom is 0.191 e. The summed E-state index contributed by atoms with van der Waals surface area (Å²) in [5.74, 6) is 0.